The van der Waals surface area contributed by atoms with Gasteiger partial charge in [-0.3, -0.25) is 0 Å². The summed E-state index contributed by atoms with van der Waals surface area (Å²) < 4.78 is 12.2. The van der Waals surface area contributed by atoms with Gasteiger partial charge in [0, 0.05) is 12.0 Å². The van der Waals surface area contributed by atoms with Gasteiger partial charge in [-0.1, -0.05) is 29.8 Å². The number of aryl methyl sites for hydroxylation is 1. The van der Waals surface area contributed by atoms with Crippen LogP contribution in [0.2, 0.25) is 0 Å². The minimum Gasteiger partial charge on any atom is -0.393 e. The first-order valence-corrected chi connectivity index (χ1v) is 9.11. The van der Waals surface area contributed by atoms with E-state index in [1.165, 1.54) is 5.56 Å². The zero-order valence-electron chi connectivity index (χ0n) is 15.2. The van der Waals surface area contributed by atoms with E-state index in [0.717, 1.165) is 22.3 Å². The Bertz CT molecular complexity index is 856. The molecule has 2 aromatic rings. The van der Waals surface area contributed by atoms with Crippen molar-refractivity contribution >= 4 is 0 Å². The Morgan fingerprint density at radius 2 is 2.04 bits per heavy atom. The van der Waals surface area contributed by atoms with Gasteiger partial charge in [0.25, 0.3) is 0 Å². The molecule has 3 atom stereocenters. The quantitative estimate of drug-likeness (QED) is 0.898. The van der Waals surface area contributed by atoms with Crippen LogP contribution in [0.3, 0.4) is 0 Å². The maximum Gasteiger partial charge on any atom is 0.198 e. The van der Waals surface area contributed by atoms with E-state index in [-0.39, 0.29) is 6.10 Å². The maximum atomic E-state index is 10.2. The van der Waals surface area contributed by atoms with Gasteiger partial charge < -0.3 is 14.6 Å². The second kappa shape index (κ2) is 6.51. The Kier molecular flexibility index (Phi) is 4.32. The van der Waals surface area contributed by atoms with Gasteiger partial charge in [0.05, 0.1) is 30.4 Å². The molecule has 2 unspecified atom stereocenters. The Morgan fingerprint density at radius 3 is 2.73 bits per heavy atom. The van der Waals surface area contributed by atoms with Crippen molar-refractivity contribution in [2.75, 3.05) is 0 Å². The van der Waals surface area contributed by atoms with Crippen molar-refractivity contribution in [3.63, 3.8) is 0 Å². The molecule has 4 rings (SSSR count). The Morgan fingerprint density at radius 1 is 1.27 bits per heavy atom. The van der Waals surface area contributed by atoms with Crippen LogP contribution in [-0.2, 0) is 28.3 Å². The van der Waals surface area contributed by atoms with Crippen LogP contribution < -0.4 is 0 Å². The number of hydrogen-bond acceptors (Lipinski definition) is 4. The highest BCUT2D eigenvalue weighted by atomic mass is 16.7. The monoisotopic (exact) mass is 349 g/mol. The number of nitriles is 1. The largest absolute Gasteiger partial charge is 0.393 e. The maximum absolute atomic E-state index is 10.2. The smallest absolute Gasteiger partial charge is 0.198 e. The third kappa shape index (κ3) is 3.03. The van der Waals surface area contributed by atoms with Crippen molar-refractivity contribution in [3.05, 3.63) is 69.8 Å². The summed E-state index contributed by atoms with van der Waals surface area (Å²) in [5, 5.41) is 19.8. The molecule has 4 heteroatoms. The topological polar surface area (TPSA) is 62.5 Å². The number of ether oxygens (including phenoxy) is 2. The van der Waals surface area contributed by atoms with E-state index in [1.807, 2.05) is 19.1 Å². The molecule has 0 radical (unpaired) electrons. The fourth-order valence-electron chi connectivity index (χ4n) is 4.08. The summed E-state index contributed by atoms with van der Waals surface area (Å²) in [5.41, 5.74) is 5.97. The van der Waals surface area contributed by atoms with Gasteiger partial charge >= 0.3 is 0 Å². The Labute approximate surface area is 154 Å². The molecular formula is C22H23NO3. The van der Waals surface area contributed by atoms with Crippen LogP contribution in [0, 0.1) is 18.3 Å². The number of nitrogens with zero attached hydrogens (tertiary/aromatic N) is 1. The third-order valence-corrected chi connectivity index (χ3v) is 5.34. The average molecular weight is 349 g/mol. The molecule has 1 saturated heterocycles. The molecule has 0 saturated carbocycles. The summed E-state index contributed by atoms with van der Waals surface area (Å²) in [4.78, 5) is 0. The van der Waals surface area contributed by atoms with Crippen molar-refractivity contribution in [1.29, 1.82) is 5.26 Å². The third-order valence-electron chi connectivity index (χ3n) is 5.34. The van der Waals surface area contributed by atoms with E-state index in [4.69, 9.17) is 9.47 Å². The van der Waals surface area contributed by atoms with Gasteiger partial charge in [0.1, 0.15) is 0 Å². The molecule has 0 aromatic heterocycles. The number of hydrogen-bond donors (Lipinski definition) is 1. The molecule has 2 aromatic carbocycles. The first-order chi connectivity index (χ1) is 12.5. The number of fused-ring (bicyclic) bond motifs is 2. The Balaban J connectivity index is 1.74. The fraction of sp³-hybridized carbons (Fsp3) is 0.409. The number of rotatable bonds is 2. The molecule has 0 aliphatic carbocycles. The van der Waals surface area contributed by atoms with Gasteiger partial charge in [-0.2, -0.15) is 5.26 Å². The normalized spacial score (nSPS) is 27.3. The first-order valence-electron chi connectivity index (χ1n) is 9.11. The van der Waals surface area contributed by atoms with Crippen LogP contribution in [0.4, 0.5) is 0 Å². The molecule has 2 heterocycles. The summed E-state index contributed by atoms with van der Waals surface area (Å²) in [6.45, 7) is 4.43. The highest BCUT2D eigenvalue weighted by Gasteiger charge is 2.47. The van der Waals surface area contributed by atoms with E-state index in [2.05, 4.69) is 37.3 Å². The molecule has 1 spiro atoms. The summed E-state index contributed by atoms with van der Waals surface area (Å²) in [6.07, 6.45) is 1.22. The minimum absolute atomic E-state index is 0.0686. The average Bonchev–Trinajstić information content (AvgIpc) is 2.92. The number of aliphatic hydroxyl groups is 1. The molecule has 1 fully saturated rings. The van der Waals surface area contributed by atoms with Crippen molar-refractivity contribution in [1.82, 2.24) is 0 Å². The van der Waals surface area contributed by atoms with E-state index in [9.17, 15) is 10.4 Å². The van der Waals surface area contributed by atoms with Gasteiger partial charge in [0.15, 0.2) is 5.79 Å². The van der Waals surface area contributed by atoms with Crippen LogP contribution in [0.15, 0.2) is 36.4 Å². The van der Waals surface area contributed by atoms with Crippen molar-refractivity contribution in [3.8, 4) is 6.07 Å². The van der Waals surface area contributed by atoms with Gasteiger partial charge in [-0.25, -0.2) is 0 Å². The van der Waals surface area contributed by atoms with Gasteiger partial charge in [0.2, 0.25) is 0 Å². The second-order valence-electron chi connectivity index (χ2n) is 7.50. The van der Waals surface area contributed by atoms with Gasteiger partial charge in [-0.05, 0) is 55.5 Å². The minimum atomic E-state index is -0.886. The fourth-order valence-corrected chi connectivity index (χ4v) is 4.08. The van der Waals surface area contributed by atoms with Crippen LogP contribution >= 0.6 is 0 Å². The van der Waals surface area contributed by atoms with Crippen molar-refractivity contribution < 1.29 is 14.6 Å². The number of benzene rings is 2. The molecule has 4 nitrogen and oxygen atoms in total. The zero-order valence-corrected chi connectivity index (χ0v) is 15.2. The molecule has 2 aliphatic rings. The standard InChI is InChI=1S/C22H23NO3/c1-14-3-5-16(6-4-14)8-17-10-21-19(9-18(17)12-23)13-25-22(21)11-20(24)7-15(2)26-22/h3-6,9-10,15,20,24H,7-8,11,13H2,1-2H3/t15?,20?,22-/m1/s1. The first kappa shape index (κ1) is 17.2. The van der Waals surface area contributed by atoms with E-state index >= 15 is 0 Å². The second-order valence-corrected chi connectivity index (χ2v) is 7.50. The molecular weight excluding hydrogens is 326 g/mol. The highest BCUT2D eigenvalue weighted by Crippen LogP contribution is 2.46. The molecule has 0 amide bonds. The molecule has 134 valence electrons. The predicted octanol–water partition coefficient (Wildman–Crippen LogP) is 3.70. The van der Waals surface area contributed by atoms with Crippen LogP contribution in [0.25, 0.3) is 0 Å². The van der Waals surface area contributed by atoms with Crippen molar-refractivity contribution in [2.45, 2.75) is 57.7 Å². The van der Waals surface area contributed by atoms with E-state index in [1.54, 1.807) is 0 Å². The lowest BCUT2D eigenvalue weighted by molar-refractivity contribution is -0.295. The zero-order chi connectivity index (χ0) is 18.3. The number of aliphatic hydroxyl groups excluding tert-OH is 1. The Hall–Kier alpha value is -2.19. The molecule has 2 aliphatic heterocycles. The molecule has 0 bridgehead atoms. The summed E-state index contributed by atoms with van der Waals surface area (Å²) >= 11 is 0. The molecule has 1 N–H and O–H groups in total. The summed E-state index contributed by atoms with van der Waals surface area (Å²) in [6, 6.07) is 14.6. The summed E-state index contributed by atoms with van der Waals surface area (Å²) in [5.74, 6) is -0.886. The predicted molar refractivity (Wildman–Crippen MR) is 97.4 cm³/mol. The lowest BCUT2D eigenvalue weighted by Crippen LogP contribution is -2.43. The van der Waals surface area contributed by atoms with Crippen LogP contribution in [0.1, 0.15) is 53.1 Å². The van der Waals surface area contributed by atoms with Crippen molar-refractivity contribution in [2.24, 2.45) is 0 Å². The summed E-state index contributed by atoms with van der Waals surface area (Å²) in [7, 11) is 0. The lowest BCUT2D eigenvalue weighted by Gasteiger charge is -2.39. The van der Waals surface area contributed by atoms with Gasteiger partial charge in [-0.15, -0.1) is 0 Å². The van der Waals surface area contributed by atoms with Crippen LogP contribution in [0.5, 0.6) is 0 Å². The lowest BCUT2D eigenvalue weighted by atomic mass is 9.88. The SMILES string of the molecule is Cc1ccc(Cc2cc3c(cc2C#N)CO[C@@]32CC(O)CC(C)O2)cc1. The van der Waals surface area contributed by atoms with E-state index < -0.39 is 11.9 Å². The molecule has 26 heavy (non-hydrogen) atoms. The van der Waals surface area contributed by atoms with E-state index in [0.29, 0.717) is 31.4 Å². The highest BCUT2D eigenvalue weighted by molar-refractivity contribution is 5.49. The van der Waals surface area contributed by atoms with Crippen LogP contribution in [-0.4, -0.2) is 17.3 Å².